The van der Waals surface area contributed by atoms with E-state index in [0.717, 1.165) is 19.0 Å². The number of hydrogen-bond acceptors (Lipinski definition) is 2. The standard InChI is InChI=1S/C12H24N2/c1-12(2)8-5-3-4-6-10-14-11-7-9-13/h12,14H,3-8,10-11H2,1-2H3. The van der Waals surface area contributed by atoms with Crippen LogP contribution in [0.2, 0.25) is 0 Å². The van der Waals surface area contributed by atoms with Gasteiger partial charge in [0.15, 0.2) is 0 Å². The molecule has 1 N–H and O–H groups in total. The monoisotopic (exact) mass is 196 g/mol. The Kier molecular flexibility index (Phi) is 10.1. The summed E-state index contributed by atoms with van der Waals surface area (Å²) in [6.45, 7) is 6.48. The van der Waals surface area contributed by atoms with Crippen LogP contribution in [0.15, 0.2) is 0 Å². The summed E-state index contributed by atoms with van der Waals surface area (Å²) < 4.78 is 0. The van der Waals surface area contributed by atoms with Gasteiger partial charge in [0.05, 0.1) is 6.07 Å². The molecule has 0 atom stereocenters. The Morgan fingerprint density at radius 2 is 1.79 bits per heavy atom. The minimum absolute atomic E-state index is 0.632. The molecule has 0 unspecified atom stereocenters. The van der Waals surface area contributed by atoms with Gasteiger partial charge in [-0.3, -0.25) is 0 Å². The van der Waals surface area contributed by atoms with Gasteiger partial charge in [-0.05, 0) is 18.9 Å². The Hall–Kier alpha value is -0.550. The molecule has 0 radical (unpaired) electrons. The maximum absolute atomic E-state index is 8.30. The van der Waals surface area contributed by atoms with Gasteiger partial charge in [0.1, 0.15) is 0 Å². The Balaban J connectivity index is 2.89. The highest BCUT2D eigenvalue weighted by atomic mass is 14.8. The summed E-state index contributed by atoms with van der Waals surface area (Å²) in [5, 5.41) is 11.6. The zero-order valence-electron chi connectivity index (χ0n) is 9.68. The molecule has 0 aliphatic heterocycles. The Bertz CT molecular complexity index is 147. The maximum atomic E-state index is 8.30. The van der Waals surface area contributed by atoms with Crippen molar-refractivity contribution >= 4 is 0 Å². The zero-order valence-corrected chi connectivity index (χ0v) is 9.68. The van der Waals surface area contributed by atoms with Crippen molar-refractivity contribution in [2.75, 3.05) is 13.1 Å². The number of nitriles is 1. The minimum Gasteiger partial charge on any atom is -0.316 e. The number of nitrogens with one attached hydrogen (secondary N) is 1. The van der Waals surface area contributed by atoms with Gasteiger partial charge in [-0.15, -0.1) is 0 Å². The second-order valence-electron chi connectivity index (χ2n) is 4.25. The molecule has 0 saturated carbocycles. The second kappa shape index (κ2) is 10.5. The summed E-state index contributed by atoms with van der Waals surface area (Å²) in [4.78, 5) is 0. The van der Waals surface area contributed by atoms with Crippen LogP contribution in [0.3, 0.4) is 0 Å². The summed E-state index contributed by atoms with van der Waals surface area (Å²) in [6, 6.07) is 2.13. The SMILES string of the molecule is CC(C)CCCCCCNCCC#N. The third-order valence-corrected chi connectivity index (χ3v) is 2.30. The van der Waals surface area contributed by atoms with Gasteiger partial charge in [0.2, 0.25) is 0 Å². The topological polar surface area (TPSA) is 35.8 Å². The van der Waals surface area contributed by atoms with E-state index in [1.54, 1.807) is 0 Å². The summed E-state index contributed by atoms with van der Waals surface area (Å²) in [5.74, 6) is 0.851. The molecule has 82 valence electrons. The van der Waals surface area contributed by atoms with Crippen molar-refractivity contribution in [3.63, 3.8) is 0 Å². The van der Waals surface area contributed by atoms with E-state index >= 15 is 0 Å². The lowest BCUT2D eigenvalue weighted by Crippen LogP contribution is -2.15. The van der Waals surface area contributed by atoms with Crippen molar-refractivity contribution in [3.8, 4) is 6.07 Å². The van der Waals surface area contributed by atoms with Crippen molar-refractivity contribution in [1.82, 2.24) is 5.32 Å². The molecule has 0 aromatic heterocycles. The van der Waals surface area contributed by atoms with E-state index in [4.69, 9.17) is 5.26 Å². The normalized spacial score (nSPS) is 10.4. The third kappa shape index (κ3) is 11.4. The van der Waals surface area contributed by atoms with Crippen LogP contribution in [0.4, 0.5) is 0 Å². The van der Waals surface area contributed by atoms with Gasteiger partial charge in [-0.25, -0.2) is 0 Å². The smallest absolute Gasteiger partial charge is 0.0635 e. The molecule has 0 heterocycles. The highest BCUT2D eigenvalue weighted by molar-refractivity contribution is 4.69. The Morgan fingerprint density at radius 3 is 2.43 bits per heavy atom. The van der Waals surface area contributed by atoms with Gasteiger partial charge in [0, 0.05) is 13.0 Å². The first-order chi connectivity index (χ1) is 6.77. The summed E-state index contributed by atoms with van der Waals surface area (Å²) in [6.07, 6.45) is 7.30. The number of nitrogens with zero attached hydrogens (tertiary/aromatic N) is 1. The molecule has 0 saturated heterocycles. The highest BCUT2D eigenvalue weighted by Crippen LogP contribution is 2.08. The fourth-order valence-corrected chi connectivity index (χ4v) is 1.43. The lowest BCUT2D eigenvalue weighted by Gasteiger charge is -2.04. The van der Waals surface area contributed by atoms with Crippen molar-refractivity contribution in [3.05, 3.63) is 0 Å². The summed E-state index contributed by atoms with van der Waals surface area (Å²) in [5.41, 5.74) is 0. The van der Waals surface area contributed by atoms with Gasteiger partial charge >= 0.3 is 0 Å². The Morgan fingerprint density at radius 1 is 1.07 bits per heavy atom. The van der Waals surface area contributed by atoms with Crippen LogP contribution in [-0.4, -0.2) is 13.1 Å². The molecule has 0 spiro atoms. The lowest BCUT2D eigenvalue weighted by atomic mass is 10.0. The molecule has 0 aliphatic carbocycles. The van der Waals surface area contributed by atoms with Crippen molar-refractivity contribution in [2.24, 2.45) is 5.92 Å². The maximum Gasteiger partial charge on any atom is 0.0635 e. The molecule has 2 nitrogen and oxygen atoms in total. The van der Waals surface area contributed by atoms with E-state index in [2.05, 4.69) is 25.2 Å². The number of rotatable bonds is 9. The molecule has 0 aromatic rings. The first kappa shape index (κ1) is 13.4. The predicted octanol–water partition coefficient (Wildman–Crippen LogP) is 3.10. The molecule has 0 amide bonds. The molecule has 14 heavy (non-hydrogen) atoms. The molecule has 0 bridgehead atoms. The highest BCUT2D eigenvalue weighted by Gasteiger charge is 1.94. The largest absolute Gasteiger partial charge is 0.316 e. The zero-order chi connectivity index (χ0) is 10.6. The molecule has 0 aliphatic rings. The van der Waals surface area contributed by atoms with Gasteiger partial charge in [-0.2, -0.15) is 5.26 Å². The fraction of sp³-hybridized carbons (Fsp3) is 0.917. The van der Waals surface area contributed by atoms with Gasteiger partial charge < -0.3 is 5.32 Å². The van der Waals surface area contributed by atoms with Crippen LogP contribution in [0, 0.1) is 17.2 Å². The van der Waals surface area contributed by atoms with Crippen molar-refractivity contribution in [1.29, 1.82) is 5.26 Å². The predicted molar refractivity (Wildman–Crippen MR) is 61.0 cm³/mol. The number of unbranched alkanes of at least 4 members (excludes halogenated alkanes) is 3. The van der Waals surface area contributed by atoms with E-state index in [9.17, 15) is 0 Å². The summed E-state index contributed by atoms with van der Waals surface area (Å²) in [7, 11) is 0. The van der Waals surface area contributed by atoms with Crippen LogP contribution in [0.25, 0.3) is 0 Å². The number of hydrogen-bond donors (Lipinski definition) is 1. The van der Waals surface area contributed by atoms with Crippen molar-refractivity contribution < 1.29 is 0 Å². The first-order valence-corrected chi connectivity index (χ1v) is 5.85. The van der Waals surface area contributed by atoms with Crippen molar-refractivity contribution in [2.45, 2.75) is 52.4 Å². The van der Waals surface area contributed by atoms with Crippen LogP contribution in [-0.2, 0) is 0 Å². The molecule has 0 rings (SSSR count). The fourth-order valence-electron chi connectivity index (χ4n) is 1.43. The van der Waals surface area contributed by atoms with Crippen LogP contribution in [0.5, 0.6) is 0 Å². The van der Waals surface area contributed by atoms with Crippen LogP contribution >= 0.6 is 0 Å². The van der Waals surface area contributed by atoms with E-state index in [1.807, 2.05) is 0 Å². The first-order valence-electron chi connectivity index (χ1n) is 5.85. The van der Waals surface area contributed by atoms with Crippen LogP contribution < -0.4 is 5.32 Å². The van der Waals surface area contributed by atoms with E-state index in [1.165, 1.54) is 32.1 Å². The van der Waals surface area contributed by atoms with E-state index < -0.39 is 0 Å². The third-order valence-electron chi connectivity index (χ3n) is 2.30. The molecule has 0 aromatic carbocycles. The quantitative estimate of drug-likeness (QED) is 0.575. The lowest BCUT2D eigenvalue weighted by molar-refractivity contribution is 0.513. The minimum atomic E-state index is 0.632. The van der Waals surface area contributed by atoms with E-state index in [0.29, 0.717) is 6.42 Å². The average molecular weight is 196 g/mol. The second-order valence-corrected chi connectivity index (χ2v) is 4.25. The average Bonchev–Trinajstić information content (AvgIpc) is 2.15. The molecular weight excluding hydrogens is 172 g/mol. The van der Waals surface area contributed by atoms with Gasteiger partial charge in [-0.1, -0.05) is 39.5 Å². The Labute approximate surface area is 88.7 Å². The molecular formula is C12H24N2. The molecule has 2 heteroatoms. The van der Waals surface area contributed by atoms with E-state index in [-0.39, 0.29) is 0 Å². The van der Waals surface area contributed by atoms with Crippen LogP contribution in [0.1, 0.15) is 52.4 Å². The summed E-state index contributed by atoms with van der Waals surface area (Å²) >= 11 is 0. The van der Waals surface area contributed by atoms with Gasteiger partial charge in [0.25, 0.3) is 0 Å². The molecule has 0 fully saturated rings.